The van der Waals surface area contributed by atoms with Crippen molar-refractivity contribution >= 4 is 22.9 Å². The Kier molecular flexibility index (Phi) is 3.28. The van der Waals surface area contributed by atoms with Crippen LogP contribution in [0.1, 0.15) is 33.6 Å². The van der Waals surface area contributed by atoms with Crippen molar-refractivity contribution in [3.05, 3.63) is 38.3 Å². The lowest BCUT2D eigenvalue weighted by Gasteiger charge is -2.15. The summed E-state index contributed by atoms with van der Waals surface area (Å²) < 4.78 is 10.8. The lowest BCUT2D eigenvalue weighted by Crippen LogP contribution is -2.17. The Morgan fingerprint density at radius 3 is 3.05 bits per heavy atom. The quantitative estimate of drug-likeness (QED) is 0.941. The van der Waals surface area contributed by atoms with Gasteiger partial charge in [0.2, 0.25) is 6.79 Å². The van der Waals surface area contributed by atoms with E-state index in [0.29, 0.717) is 16.5 Å². The van der Waals surface area contributed by atoms with Crippen LogP contribution in [0.3, 0.4) is 0 Å². The first-order valence-corrected chi connectivity index (χ1v) is 8.20. The fraction of sp³-hybridized carbons (Fsp3) is 0.400. The number of nitrogens with one attached hydrogen (secondary N) is 1. The van der Waals surface area contributed by atoms with E-state index in [9.17, 15) is 0 Å². The Morgan fingerprint density at radius 1 is 1.33 bits per heavy atom. The van der Waals surface area contributed by atoms with Crippen molar-refractivity contribution in [1.82, 2.24) is 10.3 Å². The van der Waals surface area contributed by atoms with Gasteiger partial charge >= 0.3 is 0 Å². The number of rotatable bonds is 3. The highest BCUT2D eigenvalue weighted by atomic mass is 35.5. The summed E-state index contributed by atoms with van der Waals surface area (Å²) in [7, 11) is 1.94. The van der Waals surface area contributed by atoms with Crippen molar-refractivity contribution in [1.29, 1.82) is 0 Å². The van der Waals surface area contributed by atoms with Gasteiger partial charge in [0.1, 0.15) is 5.01 Å². The summed E-state index contributed by atoms with van der Waals surface area (Å²) in [6.45, 7) is 0.230. The fourth-order valence-electron chi connectivity index (χ4n) is 2.92. The van der Waals surface area contributed by atoms with E-state index in [4.69, 9.17) is 26.1 Å². The van der Waals surface area contributed by atoms with E-state index in [0.717, 1.165) is 23.4 Å². The first kappa shape index (κ1) is 13.4. The molecule has 6 heteroatoms. The SMILES string of the molecule is CNC(c1cc(Cl)c2c(c1)OCO2)c1nc2c(s1)CCC2. The molecule has 0 radical (unpaired) electrons. The number of aryl methyl sites for hydroxylation is 2. The molecule has 1 aromatic heterocycles. The lowest BCUT2D eigenvalue weighted by molar-refractivity contribution is 0.174. The number of halogens is 1. The maximum atomic E-state index is 6.29. The van der Waals surface area contributed by atoms with Crippen LogP contribution in [-0.4, -0.2) is 18.8 Å². The predicted molar refractivity (Wildman–Crippen MR) is 82.6 cm³/mol. The molecule has 1 atom stereocenters. The number of ether oxygens (including phenoxy) is 2. The normalized spacial score (nSPS) is 17.0. The van der Waals surface area contributed by atoms with E-state index in [-0.39, 0.29) is 12.8 Å². The van der Waals surface area contributed by atoms with E-state index >= 15 is 0 Å². The van der Waals surface area contributed by atoms with Crippen molar-refractivity contribution in [3.63, 3.8) is 0 Å². The minimum Gasteiger partial charge on any atom is -0.454 e. The Hall–Kier alpha value is -1.30. The number of hydrogen-bond donors (Lipinski definition) is 1. The zero-order chi connectivity index (χ0) is 14.4. The fourth-order valence-corrected chi connectivity index (χ4v) is 4.49. The highest BCUT2D eigenvalue weighted by Crippen LogP contribution is 2.42. The molecule has 21 heavy (non-hydrogen) atoms. The van der Waals surface area contributed by atoms with Crippen LogP contribution in [0, 0.1) is 0 Å². The van der Waals surface area contributed by atoms with Crippen molar-refractivity contribution < 1.29 is 9.47 Å². The van der Waals surface area contributed by atoms with Gasteiger partial charge in [0.05, 0.1) is 16.8 Å². The van der Waals surface area contributed by atoms with Crippen LogP contribution in [0.5, 0.6) is 11.5 Å². The van der Waals surface area contributed by atoms with E-state index in [1.165, 1.54) is 17.0 Å². The van der Waals surface area contributed by atoms with E-state index in [1.54, 1.807) is 11.3 Å². The van der Waals surface area contributed by atoms with E-state index in [2.05, 4.69) is 5.32 Å². The smallest absolute Gasteiger partial charge is 0.231 e. The number of aromatic nitrogens is 1. The topological polar surface area (TPSA) is 43.4 Å². The first-order chi connectivity index (χ1) is 10.3. The van der Waals surface area contributed by atoms with Gasteiger partial charge in [-0.1, -0.05) is 11.6 Å². The third-order valence-electron chi connectivity index (χ3n) is 3.93. The second-order valence-electron chi connectivity index (χ2n) is 5.23. The molecule has 0 saturated carbocycles. The molecular weight excluding hydrogens is 308 g/mol. The monoisotopic (exact) mass is 322 g/mol. The lowest BCUT2D eigenvalue weighted by atomic mass is 10.1. The molecule has 1 aromatic carbocycles. The van der Waals surface area contributed by atoms with Gasteiger partial charge in [-0.2, -0.15) is 0 Å². The Bertz CT molecular complexity index is 680. The van der Waals surface area contributed by atoms with Crippen molar-refractivity contribution in [2.24, 2.45) is 0 Å². The molecule has 1 unspecified atom stereocenters. The van der Waals surface area contributed by atoms with Crippen LogP contribution in [-0.2, 0) is 12.8 Å². The van der Waals surface area contributed by atoms with Gasteiger partial charge in [-0.15, -0.1) is 11.3 Å². The van der Waals surface area contributed by atoms with Crippen molar-refractivity contribution in [2.45, 2.75) is 25.3 Å². The molecule has 1 aliphatic heterocycles. The third-order valence-corrected chi connectivity index (χ3v) is 5.43. The molecule has 2 aliphatic rings. The number of nitrogens with zero attached hydrogens (tertiary/aromatic N) is 1. The van der Waals surface area contributed by atoms with Crippen molar-refractivity contribution in [2.75, 3.05) is 13.8 Å². The Morgan fingerprint density at radius 2 is 2.24 bits per heavy atom. The van der Waals surface area contributed by atoms with E-state index < -0.39 is 0 Å². The van der Waals surface area contributed by atoms with Crippen LogP contribution in [0.2, 0.25) is 5.02 Å². The summed E-state index contributed by atoms with van der Waals surface area (Å²) in [5, 5.41) is 5.02. The van der Waals surface area contributed by atoms with Gasteiger partial charge in [0, 0.05) is 4.88 Å². The predicted octanol–water partition coefficient (Wildman–Crippen LogP) is 3.32. The second-order valence-corrected chi connectivity index (χ2v) is 6.76. The molecular formula is C15H15ClN2O2S. The van der Waals surface area contributed by atoms with Gasteiger partial charge in [0.25, 0.3) is 0 Å². The Balaban J connectivity index is 1.74. The number of benzene rings is 1. The molecule has 0 bridgehead atoms. The summed E-state index contributed by atoms with van der Waals surface area (Å²) in [5.74, 6) is 1.35. The third kappa shape index (κ3) is 2.20. The van der Waals surface area contributed by atoms with Crippen molar-refractivity contribution in [3.8, 4) is 11.5 Å². The molecule has 1 aliphatic carbocycles. The Labute approximate surface area is 132 Å². The molecule has 2 aromatic rings. The van der Waals surface area contributed by atoms with Crippen LogP contribution >= 0.6 is 22.9 Å². The van der Waals surface area contributed by atoms with E-state index in [1.807, 2.05) is 19.2 Å². The molecule has 0 fully saturated rings. The molecule has 4 nitrogen and oxygen atoms in total. The van der Waals surface area contributed by atoms with Crippen LogP contribution in [0.25, 0.3) is 0 Å². The van der Waals surface area contributed by atoms with Gasteiger partial charge in [0.15, 0.2) is 11.5 Å². The molecule has 1 N–H and O–H groups in total. The molecule has 0 spiro atoms. The highest BCUT2D eigenvalue weighted by Gasteiger charge is 2.25. The number of hydrogen-bond acceptors (Lipinski definition) is 5. The molecule has 2 heterocycles. The number of fused-ring (bicyclic) bond motifs is 2. The standard InChI is InChI=1S/C15H15ClN2O2S/c1-17-13(15-18-10-3-2-4-12(10)21-15)8-5-9(16)14-11(6-8)19-7-20-14/h5-6,13,17H,2-4,7H2,1H3. The van der Waals surface area contributed by atoms with Gasteiger partial charge < -0.3 is 14.8 Å². The first-order valence-electron chi connectivity index (χ1n) is 7.01. The van der Waals surface area contributed by atoms with Crippen LogP contribution in [0.4, 0.5) is 0 Å². The number of thiazole rings is 1. The van der Waals surface area contributed by atoms with Crippen LogP contribution in [0.15, 0.2) is 12.1 Å². The summed E-state index contributed by atoms with van der Waals surface area (Å²) in [6, 6.07) is 3.96. The largest absolute Gasteiger partial charge is 0.454 e. The summed E-state index contributed by atoms with van der Waals surface area (Å²) >= 11 is 8.09. The molecule has 4 rings (SSSR count). The van der Waals surface area contributed by atoms with Gasteiger partial charge in [-0.05, 0) is 44.0 Å². The summed E-state index contributed by atoms with van der Waals surface area (Å²) in [5.41, 5.74) is 2.32. The second kappa shape index (κ2) is 5.16. The van der Waals surface area contributed by atoms with Crippen LogP contribution < -0.4 is 14.8 Å². The highest BCUT2D eigenvalue weighted by molar-refractivity contribution is 7.11. The zero-order valence-electron chi connectivity index (χ0n) is 11.6. The average molecular weight is 323 g/mol. The maximum absolute atomic E-state index is 6.29. The minimum absolute atomic E-state index is 0.0348. The van der Waals surface area contributed by atoms with Gasteiger partial charge in [-0.3, -0.25) is 0 Å². The average Bonchev–Trinajstić information content (AvgIpc) is 3.13. The maximum Gasteiger partial charge on any atom is 0.231 e. The minimum atomic E-state index is 0.0348. The molecule has 0 amide bonds. The summed E-state index contributed by atoms with van der Waals surface area (Å²) in [4.78, 5) is 6.23. The zero-order valence-corrected chi connectivity index (χ0v) is 13.2. The van der Waals surface area contributed by atoms with Gasteiger partial charge in [-0.25, -0.2) is 4.98 Å². The summed E-state index contributed by atoms with van der Waals surface area (Å²) in [6.07, 6.45) is 3.49. The molecule has 0 saturated heterocycles. The molecule has 110 valence electrons.